The van der Waals surface area contributed by atoms with Crippen LogP contribution in [0, 0.1) is 17.3 Å². The quantitative estimate of drug-likeness (QED) is 0.241. The van der Waals surface area contributed by atoms with E-state index in [0.717, 1.165) is 0 Å². The SMILES string of the molecule is O=C(COc1cccc([N+](=O)[O-])c1)N/N=C/c1cc(I)c(O)c(I)c1. The molecule has 0 heterocycles. The van der Waals surface area contributed by atoms with Gasteiger partial charge in [0, 0.05) is 6.07 Å². The van der Waals surface area contributed by atoms with Gasteiger partial charge in [0.05, 0.1) is 24.3 Å². The molecule has 0 radical (unpaired) electrons. The summed E-state index contributed by atoms with van der Waals surface area (Å²) in [5.74, 6) is -0.0883. The Hall–Kier alpha value is -1.96. The number of phenols is 1. The lowest BCUT2D eigenvalue weighted by Gasteiger charge is -2.05. The summed E-state index contributed by atoms with van der Waals surface area (Å²) in [6, 6.07) is 8.98. The smallest absolute Gasteiger partial charge is 0.277 e. The van der Waals surface area contributed by atoms with E-state index in [-0.39, 0.29) is 23.8 Å². The maximum atomic E-state index is 11.7. The van der Waals surface area contributed by atoms with Gasteiger partial charge < -0.3 is 9.84 Å². The number of nitro benzene ring substituents is 1. The number of nitro groups is 1. The highest BCUT2D eigenvalue weighted by molar-refractivity contribution is 14.1. The number of nitrogens with one attached hydrogen (secondary N) is 1. The van der Waals surface area contributed by atoms with Gasteiger partial charge in [-0.3, -0.25) is 14.9 Å². The van der Waals surface area contributed by atoms with Crippen LogP contribution in [0.3, 0.4) is 0 Å². The van der Waals surface area contributed by atoms with Crippen LogP contribution in [0.4, 0.5) is 5.69 Å². The maximum Gasteiger partial charge on any atom is 0.277 e. The number of rotatable bonds is 6. The lowest BCUT2D eigenvalue weighted by Crippen LogP contribution is -2.24. The van der Waals surface area contributed by atoms with Gasteiger partial charge in [-0.05, 0) is 68.9 Å². The Kier molecular flexibility index (Phi) is 6.92. The van der Waals surface area contributed by atoms with Crippen LogP contribution in [0.2, 0.25) is 0 Å². The van der Waals surface area contributed by atoms with Crippen LogP contribution in [-0.4, -0.2) is 28.8 Å². The molecular formula is C15H11I2N3O5. The Morgan fingerprint density at radius 2 is 2.00 bits per heavy atom. The first-order chi connectivity index (χ1) is 11.9. The van der Waals surface area contributed by atoms with E-state index in [4.69, 9.17) is 4.74 Å². The summed E-state index contributed by atoms with van der Waals surface area (Å²) in [6.45, 7) is -0.330. The molecule has 1 amide bonds. The van der Waals surface area contributed by atoms with Gasteiger partial charge in [0.2, 0.25) is 0 Å². The molecule has 0 atom stereocenters. The van der Waals surface area contributed by atoms with E-state index in [2.05, 4.69) is 10.5 Å². The highest BCUT2D eigenvalue weighted by Crippen LogP contribution is 2.26. The molecular weight excluding hydrogens is 556 g/mol. The first-order valence-electron chi connectivity index (χ1n) is 6.74. The van der Waals surface area contributed by atoms with Crippen LogP contribution in [-0.2, 0) is 4.79 Å². The van der Waals surface area contributed by atoms with E-state index in [1.807, 2.05) is 45.2 Å². The molecule has 0 aliphatic heterocycles. The standard InChI is InChI=1S/C15H11I2N3O5/c16-12-4-9(5-13(17)15(12)22)7-18-19-14(21)8-25-11-3-1-2-10(6-11)20(23)24/h1-7,22H,8H2,(H,19,21)/b18-7+. The van der Waals surface area contributed by atoms with Crippen molar-refractivity contribution in [1.29, 1.82) is 0 Å². The van der Waals surface area contributed by atoms with E-state index < -0.39 is 10.8 Å². The molecule has 25 heavy (non-hydrogen) atoms. The minimum Gasteiger partial charge on any atom is -0.506 e. The fourth-order valence-corrected chi connectivity index (χ4v) is 3.52. The van der Waals surface area contributed by atoms with Crippen molar-refractivity contribution < 1.29 is 19.6 Å². The number of ether oxygens (including phenoxy) is 1. The molecule has 0 saturated carbocycles. The molecule has 0 unspecified atom stereocenters. The van der Waals surface area contributed by atoms with E-state index in [0.29, 0.717) is 12.7 Å². The van der Waals surface area contributed by atoms with Gasteiger partial charge in [-0.1, -0.05) is 6.07 Å². The predicted octanol–water partition coefficient (Wildman–Crippen LogP) is 3.04. The number of carbonyl (C=O) groups excluding carboxylic acids is 1. The van der Waals surface area contributed by atoms with E-state index in [9.17, 15) is 20.0 Å². The molecule has 0 fully saturated rings. The Morgan fingerprint density at radius 3 is 2.64 bits per heavy atom. The molecule has 0 saturated heterocycles. The second-order valence-corrected chi connectivity index (χ2v) is 6.99. The van der Waals surface area contributed by atoms with Crippen molar-refractivity contribution in [3.05, 3.63) is 59.2 Å². The first-order valence-corrected chi connectivity index (χ1v) is 8.89. The number of phenolic OH excluding ortho intramolecular Hbond substituents is 1. The van der Waals surface area contributed by atoms with Crippen molar-refractivity contribution >= 4 is 63.0 Å². The number of aromatic hydroxyl groups is 1. The van der Waals surface area contributed by atoms with E-state index in [1.165, 1.54) is 30.5 Å². The molecule has 2 aromatic rings. The van der Waals surface area contributed by atoms with Crippen molar-refractivity contribution in [2.75, 3.05) is 6.61 Å². The summed E-state index contributed by atoms with van der Waals surface area (Å²) >= 11 is 3.99. The number of hydrogen-bond donors (Lipinski definition) is 2. The van der Waals surface area contributed by atoms with Crippen LogP contribution in [0.1, 0.15) is 5.56 Å². The summed E-state index contributed by atoms with van der Waals surface area (Å²) in [7, 11) is 0. The highest BCUT2D eigenvalue weighted by Gasteiger charge is 2.08. The van der Waals surface area contributed by atoms with Crippen molar-refractivity contribution in [3.8, 4) is 11.5 Å². The molecule has 2 N–H and O–H groups in total. The van der Waals surface area contributed by atoms with E-state index >= 15 is 0 Å². The molecule has 0 aliphatic carbocycles. The van der Waals surface area contributed by atoms with Gasteiger partial charge in [0.25, 0.3) is 11.6 Å². The fraction of sp³-hybridized carbons (Fsp3) is 0.0667. The Balaban J connectivity index is 1.88. The van der Waals surface area contributed by atoms with Crippen LogP contribution in [0.5, 0.6) is 11.5 Å². The second kappa shape index (κ2) is 8.94. The highest BCUT2D eigenvalue weighted by atomic mass is 127. The predicted molar refractivity (Wildman–Crippen MR) is 108 cm³/mol. The average Bonchev–Trinajstić information content (AvgIpc) is 2.58. The van der Waals surface area contributed by atoms with Crippen molar-refractivity contribution in [2.45, 2.75) is 0 Å². The third-order valence-corrected chi connectivity index (χ3v) is 4.49. The van der Waals surface area contributed by atoms with Crippen molar-refractivity contribution in [3.63, 3.8) is 0 Å². The second-order valence-electron chi connectivity index (χ2n) is 4.67. The zero-order chi connectivity index (χ0) is 18.4. The summed E-state index contributed by atoms with van der Waals surface area (Å²) in [4.78, 5) is 21.8. The zero-order valence-corrected chi connectivity index (χ0v) is 16.8. The molecule has 0 aliphatic rings. The molecule has 130 valence electrons. The van der Waals surface area contributed by atoms with Gasteiger partial charge in [-0.15, -0.1) is 0 Å². The Labute approximate surface area is 169 Å². The minimum atomic E-state index is -0.544. The van der Waals surface area contributed by atoms with Gasteiger partial charge in [0.15, 0.2) is 6.61 Å². The van der Waals surface area contributed by atoms with Gasteiger partial charge in [-0.2, -0.15) is 5.10 Å². The van der Waals surface area contributed by atoms with Gasteiger partial charge in [0.1, 0.15) is 11.5 Å². The zero-order valence-electron chi connectivity index (χ0n) is 12.5. The van der Waals surface area contributed by atoms with Crippen LogP contribution in [0.15, 0.2) is 41.5 Å². The number of non-ortho nitro benzene ring substituents is 1. The molecule has 0 bridgehead atoms. The molecule has 10 heteroatoms. The summed E-state index contributed by atoms with van der Waals surface area (Å²) in [6.07, 6.45) is 1.44. The normalized spacial score (nSPS) is 10.6. The van der Waals surface area contributed by atoms with Crippen LogP contribution >= 0.6 is 45.2 Å². The Bertz CT molecular complexity index is 819. The summed E-state index contributed by atoms with van der Waals surface area (Å²) in [5, 5.41) is 24.2. The topological polar surface area (TPSA) is 114 Å². The third kappa shape index (κ3) is 5.81. The van der Waals surface area contributed by atoms with Crippen molar-refractivity contribution in [2.24, 2.45) is 5.10 Å². The van der Waals surface area contributed by atoms with Gasteiger partial charge in [-0.25, -0.2) is 5.43 Å². The van der Waals surface area contributed by atoms with E-state index in [1.54, 1.807) is 12.1 Å². The molecule has 0 aromatic heterocycles. The molecule has 8 nitrogen and oxygen atoms in total. The number of amides is 1. The lowest BCUT2D eigenvalue weighted by atomic mass is 10.2. The van der Waals surface area contributed by atoms with Crippen LogP contribution < -0.4 is 10.2 Å². The first kappa shape index (κ1) is 19.4. The summed E-state index contributed by atoms with van der Waals surface area (Å²) < 4.78 is 6.53. The minimum absolute atomic E-state index is 0.118. The molecule has 2 aromatic carbocycles. The number of carbonyl (C=O) groups is 1. The Morgan fingerprint density at radius 1 is 1.32 bits per heavy atom. The largest absolute Gasteiger partial charge is 0.506 e. The number of nitrogens with zero attached hydrogens (tertiary/aromatic N) is 2. The number of hydrazone groups is 1. The monoisotopic (exact) mass is 567 g/mol. The third-order valence-electron chi connectivity index (χ3n) is 2.84. The maximum absolute atomic E-state index is 11.7. The number of halogens is 2. The van der Waals surface area contributed by atoms with Gasteiger partial charge >= 0.3 is 0 Å². The fourth-order valence-electron chi connectivity index (χ4n) is 1.71. The lowest BCUT2D eigenvalue weighted by molar-refractivity contribution is -0.384. The number of hydrogen-bond acceptors (Lipinski definition) is 6. The summed E-state index contributed by atoms with van der Waals surface area (Å²) in [5.41, 5.74) is 2.89. The average molecular weight is 567 g/mol. The molecule has 2 rings (SSSR count). The molecule has 0 spiro atoms. The van der Waals surface area contributed by atoms with Crippen molar-refractivity contribution in [1.82, 2.24) is 5.43 Å². The number of benzene rings is 2. The van der Waals surface area contributed by atoms with Crippen LogP contribution in [0.25, 0.3) is 0 Å².